The molecular weight excluding hydrogens is 432 g/mol. The molecule has 208 valence electrons. The van der Waals surface area contributed by atoms with E-state index in [0.29, 0.717) is 13.0 Å². The summed E-state index contributed by atoms with van der Waals surface area (Å²) in [6.45, 7) is 5.10. The number of allylic oxidation sites excluding steroid dienone is 1. The normalized spacial score (nSPS) is 12.4. The first-order valence-corrected chi connectivity index (χ1v) is 15.7. The first-order chi connectivity index (χ1) is 17.2. The molecule has 0 amide bonds. The van der Waals surface area contributed by atoms with Gasteiger partial charge in [-0.2, -0.15) is 0 Å². The Bertz CT molecular complexity index is 446. The van der Waals surface area contributed by atoms with E-state index in [4.69, 9.17) is 4.74 Å². The van der Waals surface area contributed by atoms with Gasteiger partial charge in [-0.15, -0.1) is 0 Å². The van der Waals surface area contributed by atoms with Crippen molar-refractivity contribution >= 4 is 5.97 Å². The molecule has 0 saturated carbocycles. The molecule has 0 aromatic heterocycles. The average Bonchev–Trinajstić information content (AvgIpc) is 2.85. The molecule has 0 fully saturated rings. The fourth-order valence-electron chi connectivity index (χ4n) is 4.56. The zero-order valence-electron chi connectivity index (χ0n) is 23.9. The van der Waals surface area contributed by atoms with Gasteiger partial charge in [-0.1, -0.05) is 142 Å². The summed E-state index contributed by atoms with van der Waals surface area (Å²) in [6, 6.07) is 0. The molecule has 0 aromatic rings. The highest BCUT2D eigenvalue weighted by Crippen LogP contribution is 2.13. The highest BCUT2D eigenvalue weighted by molar-refractivity contribution is 5.69. The second-order valence-corrected chi connectivity index (χ2v) is 10.6. The Morgan fingerprint density at radius 3 is 1.71 bits per heavy atom. The third-order valence-electron chi connectivity index (χ3n) is 6.98. The smallest absolute Gasteiger partial charge is 0.305 e. The lowest BCUT2D eigenvalue weighted by atomic mass is 10.1. The molecule has 0 radical (unpaired) electrons. The van der Waals surface area contributed by atoms with E-state index in [1.54, 1.807) is 0 Å². The molecule has 0 aromatic carbocycles. The van der Waals surface area contributed by atoms with E-state index in [1.165, 1.54) is 109 Å². The first kappa shape index (κ1) is 34.2. The lowest BCUT2D eigenvalue weighted by Crippen LogP contribution is -2.05. The van der Waals surface area contributed by atoms with E-state index in [1.807, 2.05) is 0 Å². The summed E-state index contributed by atoms with van der Waals surface area (Å²) < 4.78 is 5.39. The van der Waals surface area contributed by atoms with E-state index in [-0.39, 0.29) is 12.1 Å². The van der Waals surface area contributed by atoms with Crippen molar-refractivity contribution in [1.82, 2.24) is 0 Å². The molecule has 0 unspecified atom stereocenters. The molecule has 0 heterocycles. The van der Waals surface area contributed by atoms with Gasteiger partial charge in [0.15, 0.2) is 0 Å². The number of hydrogen-bond donors (Lipinski definition) is 1. The topological polar surface area (TPSA) is 46.5 Å². The number of esters is 1. The zero-order chi connectivity index (χ0) is 25.7. The predicted octanol–water partition coefficient (Wildman–Crippen LogP) is 10.2. The third-order valence-corrected chi connectivity index (χ3v) is 6.98. The summed E-state index contributed by atoms with van der Waals surface area (Å²) in [4.78, 5) is 11.9. The van der Waals surface area contributed by atoms with Crippen LogP contribution in [0.15, 0.2) is 12.2 Å². The number of ether oxygens (including phenoxy) is 1. The minimum atomic E-state index is -0.164. The molecule has 0 aliphatic heterocycles. The fourth-order valence-corrected chi connectivity index (χ4v) is 4.56. The van der Waals surface area contributed by atoms with Crippen LogP contribution in [0.1, 0.15) is 174 Å². The van der Waals surface area contributed by atoms with Gasteiger partial charge in [-0.05, 0) is 38.5 Å². The number of aliphatic hydroxyl groups excluding tert-OH is 1. The van der Waals surface area contributed by atoms with E-state index >= 15 is 0 Å². The van der Waals surface area contributed by atoms with Gasteiger partial charge in [-0.25, -0.2) is 0 Å². The van der Waals surface area contributed by atoms with Crippen LogP contribution in [0.3, 0.4) is 0 Å². The Morgan fingerprint density at radius 2 is 1.11 bits per heavy atom. The summed E-state index contributed by atoms with van der Waals surface area (Å²) in [5, 5.41) is 9.96. The number of unbranched alkanes of at least 4 members (excludes halogenated alkanes) is 19. The standard InChI is InChI=1S/C32H62O3/c1-3-5-7-9-10-11-12-13-16-19-22-26-30-35-32(34)29-25-21-18-15-14-17-20-24-28-31(33)27-23-8-6-4-2/h20,24,31,33H,3-19,21-23,25-30H2,1-2H3/b24-20+/t31-/m1/s1. The Labute approximate surface area is 219 Å². The Hall–Kier alpha value is -0.830. The lowest BCUT2D eigenvalue weighted by Gasteiger charge is -2.07. The van der Waals surface area contributed by atoms with Gasteiger partial charge in [-0.3, -0.25) is 4.79 Å². The number of aliphatic hydroxyl groups is 1. The van der Waals surface area contributed by atoms with Crippen LogP contribution in [0, 0.1) is 0 Å². The van der Waals surface area contributed by atoms with Crippen molar-refractivity contribution in [2.45, 2.75) is 180 Å². The molecule has 0 aliphatic carbocycles. The maximum Gasteiger partial charge on any atom is 0.305 e. The highest BCUT2D eigenvalue weighted by Gasteiger charge is 2.03. The van der Waals surface area contributed by atoms with Crippen LogP contribution in [0.4, 0.5) is 0 Å². The number of rotatable bonds is 28. The second-order valence-electron chi connectivity index (χ2n) is 10.6. The molecule has 0 saturated heterocycles. The van der Waals surface area contributed by atoms with Crippen LogP contribution in [0.5, 0.6) is 0 Å². The molecule has 3 heteroatoms. The van der Waals surface area contributed by atoms with Crippen LogP contribution < -0.4 is 0 Å². The molecule has 1 atom stereocenters. The van der Waals surface area contributed by atoms with Gasteiger partial charge in [0.05, 0.1) is 12.7 Å². The summed E-state index contributed by atoms with van der Waals surface area (Å²) in [5.41, 5.74) is 0. The van der Waals surface area contributed by atoms with Gasteiger partial charge in [0, 0.05) is 6.42 Å². The van der Waals surface area contributed by atoms with Gasteiger partial charge in [0.1, 0.15) is 0 Å². The van der Waals surface area contributed by atoms with Crippen LogP contribution >= 0.6 is 0 Å². The van der Waals surface area contributed by atoms with E-state index in [2.05, 4.69) is 26.0 Å². The molecular formula is C32H62O3. The zero-order valence-corrected chi connectivity index (χ0v) is 23.9. The molecule has 1 N–H and O–H groups in total. The minimum absolute atomic E-state index is 0.00995. The Balaban J connectivity index is 3.27. The largest absolute Gasteiger partial charge is 0.466 e. The lowest BCUT2D eigenvalue weighted by molar-refractivity contribution is -0.143. The number of carbonyl (C=O) groups excluding carboxylic acids is 1. The second kappa shape index (κ2) is 29.4. The fraction of sp³-hybridized carbons (Fsp3) is 0.906. The van der Waals surface area contributed by atoms with E-state index < -0.39 is 0 Å². The van der Waals surface area contributed by atoms with Gasteiger partial charge < -0.3 is 9.84 Å². The molecule has 3 nitrogen and oxygen atoms in total. The monoisotopic (exact) mass is 494 g/mol. The van der Waals surface area contributed by atoms with E-state index in [0.717, 1.165) is 44.9 Å². The quantitative estimate of drug-likeness (QED) is 0.0668. The van der Waals surface area contributed by atoms with Crippen molar-refractivity contribution in [3.8, 4) is 0 Å². The van der Waals surface area contributed by atoms with Gasteiger partial charge >= 0.3 is 5.97 Å². The first-order valence-electron chi connectivity index (χ1n) is 15.7. The number of carbonyl (C=O) groups is 1. The summed E-state index contributed by atoms with van der Waals surface area (Å²) in [5.74, 6) is -0.00995. The Kier molecular flexibility index (Phi) is 28.7. The van der Waals surface area contributed by atoms with Crippen LogP contribution in [0.25, 0.3) is 0 Å². The van der Waals surface area contributed by atoms with Crippen molar-refractivity contribution in [2.75, 3.05) is 6.61 Å². The van der Waals surface area contributed by atoms with Gasteiger partial charge in [0.25, 0.3) is 0 Å². The minimum Gasteiger partial charge on any atom is -0.466 e. The Morgan fingerprint density at radius 1 is 0.629 bits per heavy atom. The summed E-state index contributed by atoms with van der Waals surface area (Å²) in [7, 11) is 0. The van der Waals surface area contributed by atoms with Crippen LogP contribution in [-0.4, -0.2) is 23.8 Å². The molecule has 35 heavy (non-hydrogen) atoms. The molecule has 0 bridgehead atoms. The number of hydrogen-bond acceptors (Lipinski definition) is 3. The summed E-state index contributed by atoms with van der Waals surface area (Å²) in [6.07, 6.45) is 34.2. The van der Waals surface area contributed by atoms with Gasteiger partial charge in [0.2, 0.25) is 0 Å². The van der Waals surface area contributed by atoms with Crippen molar-refractivity contribution in [2.24, 2.45) is 0 Å². The average molecular weight is 495 g/mol. The van der Waals surface area contributed by atoms with Crippen LogP contribution in [0.2, 0.25) is 0 Å². The van der Waals surface area contributed by atoms with Crippen LogP contribution in [-0.2, 0) is 9.53 Å². The van der Waals surface area contributed by atoms with Crippen molar-refractivity contribution in [3.05, 3.63) is 12.2 Å². The van der Waals surface area contributed by atoms with E-state index in [9.17, 15) is 9.90 Å². The van der Waals surface area contributed by atoms with Crippen molar-refractivity contribution in [3.63, 3.8) is 0 Å². The van der Waals surface area contributed by atoms with Crippen molar-refractivity contribution in [1.29, 1.82) is 0 Å². The SMILES string of the molecule is CCCCCCCCCCCCCCOC(=O)CCCCCCC/C=C/C[C@H](O)CCCCCC. The molecule has 0 aliphatic rings. The third kappa shape index (κ3) is 29.3. The highest BCUT2D eigenvalue weighted by atomic mass is 16.5. The maximum atomic E-state index is 11.9. The maximum absolute atomic E-state index is 11.9. The molecule has 0 spiro atoms. The summed E-state index contributed by atoms with van der Waals surface area (Å²) >= 11 is 0. The van der Waals surface area contributed by atoms with Crippen molar-refractivity contribution < 1.29 is 14.6 Å². The predicted molar refractivity (Wildman–Crippen MR) is 153 cm³/mol. The molecule has 0 rings (SSSR count).